The summed E-state index contributed by atoms with van der Waals surface area (Å²) in [6, 6.07) is 8.50. The first-order valence-electron chi connectivity index (χ1n) is 7.16. The van der Waals surface area contributed by atoms with Gasteiger partial charge in [-0.3, -0.25) is 0 Å². The first kappa shape index (κ1) is 16.0. The van der Waals surface area contributed by atoms with Crippen LogP contribution in [0.1, 0.15) is 38.3 Å². The fraction of sp³-hybridized carbons (Fsp3) is 0.200. The molecule has 0 atom stereocenters. The number of hydrogen-bond donors (Lipinski definition) is 0. The van der Waals surface area contributed by atoms with Crippen LogP contribution in [0.5, 0.6) is 0 Å². The minimum absolute atomic E-state index is 1.05. The van der Waals surface area contributed by atoms with Gasteiger partial charge >= 0.3 is 0 Å². The largest absolute Gasteiger partial charge is 0.0990 e. The highest BCUT2D eigenvalue weighted by atomic mass is 14.1. The number of hydrogen-bond acceptors (Lipinski definition) is 0. The van der Waals surface area contributed by atoms with Gasteiger partial charge in [-0.1, -0.05) is 80.3 Å². The minimum atomic E-state index is 1.05. The van der Waals surface area contributed by atoms with Crippen molar-refractivity contribution in [2.24, 2.45) is 0 Å². The highest BCUT2D eigenvalue weighted by molar-refractivity contribution is 5.87. The van der Waals surface area contributed by atoms with Crippen molar-refractivity contribution in [3.05, 3.63) is 84.5 Å². The summed E-state index contributed by atoms with van der Waals surface area (Å²) in [5.74, 6) is 0. The van der Waals surface area contributed by atoms with Crippen molar-refractivity contribution in [1.82, 2.24) is 0 Å². The van der Waals surface area contributed by atoms with Crippen LogP contribution in [-0.4, -0.2) is 0 Å². The Balaban J connectivity index is 3.39. The lowest BCUT2D eigenvalue weighted by Crippen LogP contribution is -1.90. The molecule has 0 aliphatic carbocycles. The van der Waals surface area contributed by atoms with Gasteiger partial charge in [0, 0.05) is 0 Å². The van der Waals surface area contributed by atoms with Crippen LogP contribution in [0.4, 0.5) is 0 Å². The van der Waals surface area contributed by atoms with Crippen LogP contribution >= 0.6 is 0 Å². The summed E-state index contributed by atoms with van der Waals surface area (Å²) < 4.78 is 0. The maximum absolute atomic E-state index is 3.81. The van der Waals surface area contributed by atoms with Gasteiger partial charge in [-0.25, -0.2) is 0 Å². The van der Waals surface area contributed by atoms with E-state index >= 15 is 0 Å². The lowest BCUT2D eigenvalue weighted by Gasteiger charge is -2.11. The van der Waals surface area contributed by atoms with E-state index in [1.165, 1.54) is 22.3 Å². The predicted octanol–water partition coefficient (Wildman–Crippen LogP) is 6.20. The molecule has 1 aromatic carbocycles. The molecule has 0 saturated carbocycles. The van der Waals surface area contributed by atoms with Gasteiger partial charge in [0.15, 0.2) is 0 Å². The van der Waals surface area contributed by atoms with E-state index in [0.717, 1.165) is 6.42 Å². The van der Waals surface area contributed by atoms with Crippen LogP contribution in [0.3, 0.4) is 0 Å². The molecule has 0 unspecified atom stereocenters. The monoisotopic (exact) mass is 264 g/mol. The topological polar surface area (TPSA) is 0 Å². The van der Waals surface area contributed by atoms with E-state index in [-0.39, 0.29) is 0 Å². The van der Waals surface area contributed by atoms with E-state index in [1.54, 1.807) is 0 Å². The molecule has 0 aromatic heterocycles. The molecule has 1 aromatic rings. The summed E-state index contributed by atoms with van der Waals surface area (Å²) in [7, 11) is 0. The quantitative estimate of drug-likeness (QED) is 0.536. The lowest BCUT2D eigenvalue weighted by atomic mass is 9.93. The average Bonchev–Trinajstić information content (AvgIpc) is 2.48. The smallest absolute Gasteiger partial charge is 0.0106 e. The Morgan fingerprint density at radius 3 is 2.20 bits per heavy atom. The van der Waals surface area contributed by atoms with Gasteiger partial charge in [-0.05, 0) is 42.5 Å². The summed E-state index contributed by atoms with van der Waals surface area (Å²) in [6.07, 6.45) is 15.7. The molecular weight excluding hydrogens is 240 g/mol. The van der Waals surface area contributed by atoms with E-state index in [1.807, 2.05) is 13.0 Å². The highest BCUT2D eigenvalue weighted by Gasteiger charge is 2.06. The van der Waals surface area contributed by atoms with Gasteiger partial charge in [0.25, 0.3) is 0 Å². The van der Waals surface area contributed by atoms with Gasteiger partial charge in [0.2, 0.25) is 0 Å². The molecule has 1 rings (SSSR count). The van der Waals surface area contributed by atoms with E-state index in [4.69, 9.17) is 0 Å². The molecule has 0 N–H and O–H groups in total. The van der Waals surface area contributed by atoms with Crippen LogP contribution in [0, 0.1) is 0 Å². The molecule has 0 heterocycles. The Hall–Kier alpha value is -2.08. The van der Waals surface area contributed by atoms with Gasteiger partial charge in [0.1, 0.15) is 0 Å². The van der Waals surface area contributed by atoms with E-state index in [0.29, 0.717) is 0 Å². The summed E-state index contributed by atoms with van der Waals surface area (Å²) in [5, 5.41) is 0. The van der Waals surface area contributed by atoms with Gasteiger partial charge in [-0.15, -0.1) is 0 Å². The second-order valence-corrected chi connectivity index (χ2v) is 4.46. The van der Waals surface area contributed by atoms with Crippen LogP contribution in [0.25, 0.3) is 11.1 Å². The molecule has 0 aliphatic rings. The predicted molar refractivity (Wildman–Crippen MR) is 92.5 cm³/mol. The van der Waals surface area contributed by atoms with Crippen molar-refractivity contribution in [2.45, 2.75) is 27.2 Å². The number of benzene rings is 1. The van der Waals surface area contributed by atoms with Crippen molar-refractivity contribution in [3.63, 3.8) is 0 Å². The molecule has 0 saturated heterocycles. The molecule has 0 bridgehead atoms. The van der Waals surface area contributed by atoms with Crippen LogP contribution in [0.2, 0.25) is 0 Å². The number of rotatable bonds is 6. The van der Waals surface area contributed by atoms with Gasteiger partial charge in [0.05, 0.1) is 0 Å². The first-order chi connectivity index (χ1) is 9.78. The van der Waals surface area contributed by atoms with Crippen molar-refractivity contribution in [2.75, 3.05) is 0 Å². The molecule has 0 amide bonds. The van der Waals surface area contributed by atoms with Gasteiger partial charge in [-0.2, -0.15) is 0 Å². The molecule has 0 radical (unpaired) electrons. The zero-order valence-electron chi connectivity index (χ0n) is 12.8. The van der Waals surface area contributed by atoms with Crippen molar-refractivity contribution in [3.8, 4) is 0 Å². The Labute approximate surface area is 123 Å². The molecule has 104 valence electrons. The third kappa shape index (κ3) is 4.24. The summed E-state index contributed by atoms with van der Waals surface area (Å²) in [5.41, 5.74) is 4.93. The van der Waals surface area contributed by atoms with Crippen LogP contribution < -0.4 is 0 Å². The molecule has 20 heavy (non-hydrogen) atoms. The minimum Gasteiger partial charge on any atom is -0.0990 e. The fourth-order valence-electron chi connectivity index (χ4n) is 2.11. The Bertz CT molecular complexity index is 551. The second-order valence-electron chi connectivity index (χ2n) is 4.46. The van der Waals surface area contributed by atoms with Crippen molar-refractivity contribution in [1.29, 1.82) is 0 Å². The first-order valence-corrected chi connectivity index (χ1v) is 7.16. The highest BCUT2D eigenvalue weighted by Crippen LogP contribution is 2.27. The molecule has 0 heteroatoms. The summed E-state index contributed by atoms with van der Waals surface area (Å²) in [4.78, 5) is 0. The Morgan fingerprint density at radius 1 is 1.05 bits per heavy atom. The van der Waals surface area contributed by atoms with E-state index in [9.17, 15) is 0 Å². The van der Waals surface area contributed by atoms with Crippen molar-refractivity contribution >= 4 is 11.1 Å². The average molecular weight is 264 g/mol. The lowest BCUT2D eigenvalue weighted by molar-refractivity contribution is 1.22. The standard InChI is InChI=1S/C20H24/c1-5-9-14-17(8-4)19-15-10-11-16-20(19)18(12-6-2)13-7-3/h6-16H,2,5H2,1,3-4H3/b13-7-,14-9-,17-8+,18-12+. The maximum Gasteiger partial charge on any atom is -0.0106 e. The SMILES string of the molecule is C=C/C=C(\C=C/C)c1ccccc1C(/C=C\CC)=C/C. The molecule has 0 fully saturated rings. The molecular formula is C20H24. The third-order valence-electron chi connectivity index (χ3n) is 3.04. The number of allylic oxidation sites excluding steroid dienone is 9. The molecule has 0 nitrogen and oxygen atoms in total. The zero-order chi connectivity index (χ0) is 14.8. The third-order valence-corrected chi connectivity index (χ3v) is 3.04. The zero-order valence-corrected chi connectivity index (χ0v) is 12.8. The fourth-order valence-corrected chi connectivity index (χ4v) is 2.11. The Kier molecular flexibility index (Phi) is 7.13. The van der Waals surface area contributed by atoms with Crippen molar-refractivity contribution < 1.29 is 0 Å². The second kappa shape index (κ2) is 8.92. The van der Waals surface area contributed by atoms with Crippen LogP contribution in [0.15, 0.2) is 73.4 Å². The summed E-state index contributed by atoms with van der Waals surface area (Å²) >= 11 is 0. The maximum atomic E-state index is 3.81. The summed E-state index contributed by atoms with van der Waals surface area (Å²) in [6.45, 7) is 10.1. The van der Waals surface area contributed by atoms with E-state index in [2.05, 4.69) is 81.1 Å². The molecule has 0 aliphatic heterocycles. The van der Waals surface area contributed by atoms with Crippen LogP contribution in [-0.2, 0) is 0 Å². The molecule has 0 spiro atoms. The normalized spacial score (nSPS) is 13.3. The Morgan fingerprint density at radius 2 is 1.70 bits per heavy atom. The van der Waals surface area contributed by atoms with E-state index < -0.39 is 0 Å². The van der Waals surface area contributed by atoms with Gasteiger partial charge < -0.3 is 0 Å².